The number of aromatic nitrogens is 4. The quantitative estimate of drug-likeness (QED) is 0.227. The van der Waals surface area contributed by atoms with Crippen LogP contribution in [0.3, 0.4) is 0 Å². The van der Waals surface area contributed by atoms with Crippen LogP contribution in [0.15, 0.2) is 85.2 Å². The largest absolute Gasteiger partial charge is 0.421 e. The second-order valence-electron chi connectivity index (χ2n) is 9.16. The van der Waals surface area contributed by atoms with Crippen molar-refractivity contribution in [3.05, 3.63) is 96.3 Å². The first kappa shape index (κ1) is 25.5. The maximum Gasteiger partial charge on any atom is 0.421 e. The van der Waals surface area contributed by atoms with Gasteiger partial charge < -0.3 is 15.2 Å². The molecule has 0 saturated carbocycles. The van der Waals surface area contributed by atoms with Gasteiger partial charge in [0, 0.05) is 28.3 Å². The van der Waals surface area contributed by atoms with Crippen molar-refractivity contribution in [1.82, 2.24) is 19.7 Å². The average molecular weight is 536 g/mol. The number of nitrogens with one attached hydrogen (secondary N) is 2. The third-order valence-corrected chi connectivity index (χ3v) is 7.46. The topological polar surface area (TPSA) is 84.7 Å². The lowest BCUT2D eigenvalue weighted by atomic mass is 10.2. The van der Waals surface area contributed by atoms with Crippen LogP contribution >= 0.6 is 7.14 Å². The molecule has 5 rings (SSSR count). The van der Waals surface area contributed by atoms with E-state index in [4.69, 9.17) is 0 Å². The van der Waals surface area contributed by atoms with Crippen LogP contribution in [0, 0.1) is 0 Å². The first-order chi connectivity index (χ1) is 18.1. The molecule has 11 heteroatoms. The summed E-state index contributed by atoms with van der Waals surface area (Å²) >= 11 is 0. The van der Waals surface area contributed by atoms with Gasteiger partial charge in [0.25, 0.3) is 0 Å². The summed E-state index contributed by atoms with van der Waals surface area (Å²) in [6, 6.07) is 21.9. The van der Waals surface area contributed by atoms with Gasteiger partial charge in [0.1, 0.15) is 18.5 Å². The van der Waals surface area contributed by atoms with Gasteiger partial charge in [-0.25, -0.2) is 4.98 Å². The van der Waals surface area contributed by atoms with Crippen LogP contribution in [0.2, 0.25) is 0 Å². The van der Waals surface area contributed by atoms with Crippen LogP contribution in [0.1, 0.15) is 11.1 Å². The molecule has 0 amide bonds. The molecule has 2 N–H and O–H groups in total. The maximum absolute atomic E-state index is 13.7. The summed E-state index contributed by atoms with van der Waals surface area (Å²) in [5.41, 5.74) is 1.94. The Hall–Kier alpha value is -4.17. The first-order valence-corrected chi connectivity index (χ1v) is 14.3. The zero-order valence-electron chi connectivity index (χ0n) is 20.6. The van der Waals surface area contributed by atoms with Gasteiger partial charge in [-0.2, -0.15) is 23.3 Å². The third kappa shape index (κ3) is 5.70. The molecule has 0 fully saturated rings. The van der Waals surface area contributed by atoms with E-state index in [1.807, 2.05) is 41.1 Å². The minimum Gasteiger partial charge on any atom is -0.340 e. The number of benzene rings is 3. The number of rotatable bonds is 7. The van der Waals surface area contributed by atoms with E-state index in [-0.39, 0.29) is 11.8 Å². The van der Waals surface area contributed by atoms with Crippen molar-refractivity contribution in [3.8, 4) is 0 Å². The van der Waals surface area contributed by atoms with Crippen molar-refractivity contribution >= 4 is 46.5 Å². The van der Waals surface area contributed by atoms with Crippen molar-refractivity contribution in [1.29, 1.82) is 0 Å². The van der Waals surface area contributed by atoms with Crippen LogP contribution in [0.5, 0.6) is 0 Å². The van der Waals surface area contributed by atoms with Gasteiger partial charge in [-0.3, -0.25) is 4.68 Å². The molecule has 0 saturated heterocycles. The molecule has 2 heterocycles. The number of alkyl halides is 3. The van der Waals surface area contributed by atoms with Gasteiger partial charge in [-0.15, -0.1) is 0 Å². The molecule has 0 spiro atoms. The van der Waals surface area contributed by atoms with Crippen molar-refractivity contribution in [2.75, 3.05) is 24.0 Å². The van der Waals surface area contributed by atoms with E-state index in [2.05, 4.69) is 25.7 Å². The summed E-state index contributed by atoms with van der Waals surface area (Å²) in [6.07, 6.45) is -2.23. The lowest BCUT2D eigenvalue weighted by molar-refractivity contribution is -0.137. The number of anilines is 4. The average Bonchev–Trinajstić information content (AvgIpc) is 3.25. The Labute approximate surface area is 217 Å². The monoisotopic (exact) mass is 536 g/mol. The van der Waals surface area contributed by atoms with Gasteiger partial charge in [0.15, 0.2) is 0 Å². The van der Waals surface area contributed by atoms with E-state index in [1.54, 1.807) is 55.9 Å². The minimum atomic E-state index is -4.66. The Balaban J connectivity index is 1.41. The van der Waals surface area contributed by atoms with Gasteiger partial charge >= 0.3 is 6.18 Å². The summed E-state index contributed by atoms with van der Waals surface area (Å²) in [6.45, 7) is 3.90. The molecular weight excluding hydrogens is 512 g/mol. The molecule has 0 aliphatic carbocycles. The van der Waals surface area contributed by atoms with Crippen LogP contribution in [0.25, 0.3) is 10.9 Å². The smallest absolute Gasteiger partial charge is 0.340 e. The summed E-state index contributed by atoms with van der Waals surface area (Å²) in [5.74, 6) is -0.393. The summed E-state index contributed by atoms with van der Waals surface area (Å²) in [7, 11) is -2.43. The Morgan fingerprint density at radius 3 is 2.29 bits per heavy atom. The fourth-order valence-corrected chi connectivity index (χ4v) is 4.83. The highest BCUT2D eigenvalue weighted by atomic mass is 31.2. The molecule has 0 bridgehead atoms. The van der Waals surface area contributed by atoms with E-state index in [9.17, 15) is 17.7 Å². The molecule has 0 aliphatic heterocycles. The molecule has 5 aromatic rings. The number of hydrogen-bond acceptors (Lipinski definition) is 6. The molecule has 0 unspecified atom stereocenters. The first-order valence-electron chi connectivity index (χ1n) is 11.7. The second-order valence-corrected chi connectivity index (χ2v) is 12.4. The van der Waals surface area contributed by atoms with E-state index in [1.165, 1.54) is 0 Å². The number of fused-ring (bicyclic) bond motifs is 1. The van der Waals surface area contributed by atoms with Gasteiger partial charge in [0.05, 0.1) is 18.3 Å². The fraction of sp³-hybridized carbons (Fsp3) is 0.148. The zero-order chi connectivity index (χ0) is 26.9. The SMILES string of the molecule is CP(C)(=O)c1ccc(Nc2ncc(C(F)(F)F)c(Nc3ccc4c(cnn4Cc4ccccc4)c3)n2)cc1. The lowest BCUT2D eigenvalue weighted by Crippen LogP contribution is -2.12. The van der Waals surface area contributed by atoms with Gasteiger partial charge in [-0.1, -0.05) is 30.3 Å². The maximum atomic E-state index is 13.7. The number of nitrogens with zero attached hydrogens (tertiary/aromatic N) is 4. The van der Waals surface area contributed by atoms with E-state index < -0.39 is 18.9 Å². The molecule has 0 aliphatic rings. The highest BCUT2D eigenvalue weighted by Gasteiger charge is 2.35. The van der Waals surface area contributed by atoms with Crippen LogP contribution in [-0.2, 0) is 17.3 Å². The molecule has 0 radical (unpaired) electrons. The standard InChI is InChI=1S/C27H24F3N6OP/c1-38(2,37)22-11-8-20(9-12-22)34-26-31-16-23(27(28,29)30)25(35-26)33-21-10-13-24-19(14-21)15-32-36(24)17-18-6-4-3-5-7-18/h3-16H,17H2,1-2H3,(H2,31,33,34,35). The summed E-state index contributed by atoms with van der Waals surface area (Å²) in [5, 5.41) is 11.6. The van der Waals surface area contributed by atoms with Gasteiger partial charge in [0.2, 0.25) is 5.95 Å². The van der Waals surface area contributed by atoms with Gasteiger partial charge in [-0.05, 0) is 61.4 Å². The zero-order valence-corrected chi connectivity index (χ0v) is 21.5. The predicted molar refractivity (Wildman–Crippen MR) is 144 cm³/mol. The van der Waals surface area contributed by atoms with E-state index >= 15 is 0 Å². The van der Waals surface area contributed by atoms with E-state index in [0.29, 0.717) is 23.2 Å². The number of hydrogen-bond donors (Lipinski definition) is 2. The van der Waals surface area contributed by atoms with Crippen molar-refractivity contribution in [2.24, 2.45) is 0 Å². The third-order valence-electron chi connectivity index (χ3n) is 5.92. The Morgan fingerprint density at radius 2 is 1.61 bits per heavy atom. The van der Waals surface area contributed by atoms with Crippen LogP contribution in [0.4, 0.5) is 36.3 Å². The highest BCUT2D eigenvalue weighted by molar-refractivity contribution is 7.70. The Kier molecular flexibility index (Phi) is 6.67. The molecule has 194 valence electrons. The van der Waals surface area contributed by atoms with Crippen LogP contribution < -0.4 is 15.9 Å². The lowest BCUT2D eigenvalue weighted by Gasteiger charge is -2.15. The predicted octanol–water partition coefficient (Wildman–Crippen LogP) is 6.63. The second kappa shape index (κ2) is 9.95. The molecule has 0 atom stereocenters. The Morgan fingerprint density at radius 1 is 0.895 bits per heavy atom. The van der Waals surface area contributed by atoms with Crippen molar-refractivity contribution < 1.29 is 17.7 Å². The molecule has 3 aromatic carbocycles. The molecule has 7 nitrogen and oxygen atoms in total. The molecule has 2 aromatic heterocycles. The fourth-order valence-electron chi connectivity index (χ4n) is 3.96. The van der Waals surface area contributed by atoms with Crippen molar-refractivity contribution in [3.63, 3.8) is 0 Å². The highest BCUT2D eigenvalue weighted by Crippen LogP contribution is 2.37. The minimum absolute atomic E-state index is 0.0128. The van der Waals surface area contributed by atoms with Crippen LogP contribution in [-0.4, -0.2) is 33.1 Å². The van der Waals surface area contributed by atoms with E-state index in [0.717, 1.165) is 22.7 Å². The molecular formula is C27H24F3N6OP. The normalized spacial score (nSPS) is 12.0. The summed E-state index contributed by atoms with van der Waals surface area (Å²) < 4.78 is 55.3. The number of halogens is 3. The van der Waals surface area contributed by atoms with Crippen molar-refractivity contribution in [2.45, 2.75) is 12.7 Å². The molecule has 38 heavy (non-hydrogen) atoms. The summed E-state index contributed by atoms with van der Waals surface area (Å²) in [4.78, 5) is 7.97. The Bertz CT molecular complexity index is 1630.